The van der Waals surface area contributed by atoms with Gasteiger partial charge in [-0.15, -0.1) is 0 Å². The van der Waals surface area contributed by atoms with Crippen molar-refractivity contribution in [3.63, 3.8) is 0 Å². The zero-order valence-corrected chi connectivity index (χ0v) is 20.8. The number of hydrogen-bond acceptors (Lipinski definition) is 1. The predicted molar refractivity (Wildman–Crippen MR) is 132 cm³/mol. The number of hydrogen-bond donors (Lipinski definition) is 0. The molecule has 1 saturated carbocycles. The molecule has 1 aliphatic rings. The van der Waals surface area contributed by atoms with Gasteiger partial charge in [-0.05, 0) is 98.2 Å². The van der Waals surface area contributed by atoms with Crippen molar-refractivity contribution in [3.8, 4) is 11.1 Å². The maximum atomic E-state index is 15.1. The van der Waals surface area contributed by atoms with E-state index >= 15 is 4.39 Å². The van der Waals surface area contributed by atoms with Crippen molar-refractivity contribution < 1.29 is 35.5 Å². The molecule has 0 spiro atoms. The Bertz CT molecular complexity index is 1300. The van der Waals surface area contributed by atoms with Crippen molar-refractivity contribution in [1.82, 2.24) is 0 Å². The van der Waals surface area contributed by atoms with Crippen molar-refractivity contribution in [2.24, 2.45) is 5.92 Å². The van der Waals surface area contributed by atoms with Gasteiger partial charge in [0.1, 0.15) is 11.6 Å². The molecule has 38 heavy (non-hydrogen) atoms. The molecule has 1 aliphatic carbocycles. The van der Waals surface area contributed by atoms with Gasteiger partial charge in [-0.3, -0.25) is 0 Å². The van der Waals surface area contributed by atoms with E-state index in [-0.39, 0.29) is 29.2 Å². The van der Waals surface area contributed by atoms with Crippen LogP contribution in [-0.4, -0.2) is 6.61 Å². The summed E-state index contributed by atoms with van der Waals surface area (Å²) in [4.78, 5) is 0. The fourth-order valence-electron chi connectivity index (χ4n) is 5.10. The minimum Gasteiger partial charge on any atom is -0.469 e. The molecule has 0 amide bonds. The fraction of sp³-hybridized carbons (Fsp3) is 0.333. The first-order valence-electron chi connectivity index (χ1n) is 12.6. The van der Waals surface area contributed by atoms with Gasteiger partial charge in [0.2, 0.25) is 5.83 Å². The summed E-state index contributed by atoms with van der Waals surface area (Å²) in [5.41, 5.74) is 0.947. The minimum absolute atomic E-state index is 0.0194. The molecule has 0 unspecified atom stereocenters. The highest BCUT2D eigenvalue weighted by molar-refractivity contribution is 5.69. The largest absolute Gasteiger partial charge is 0.469 e. The molecule has 3 aromatic carbocycles. The molecular formula is C30H27F7O. The minimum atomic E-state index is -1.47. The van der Waals surface area contributed by atoms with Crippen molar-refractivity contribution in [2.75, 3.05) is 6.61 Å². The second-order valence-corrected chi connectivity index (χ2v) is 9.58. The van der Waals surface area contributed by atoms with Gasteiger partial charge in [-0.2, -0.15) is 8.78 Å². The number of benzene rings is 3. The Hall–Kier alpha value is -3.29. The van der Waals surface area contributed by atoms with Crippen LogP contribution in [0.3, 0.4) is 0 Å². The molecule has 1 fully saturated rings. The van der Waals surface area contributed by atoms with E-state index < -0.39 is 40.9 Å². The molecule has 0 bridgehead atoms. The van der Waals surface area contributed by atoms with Gasteiger partial charge in [0.25, 0.3) is 0 Å². The Labute approximate surface area is 217 Å². The lowest BCUT2D eigenvalue weighted by Gasteiger charge is -2.29. The van der Waals surface area contributed by atoms with E-state index in [4.69, 9.17) is 0 Å². The van der Waals surface area contributed by atoms with Crippen LogP contribution < -0.4 is 0 Å². The summed E-state index contributed by atoms with van der Waals surface area (Å²) in [7, 11) is 0. The summed E-state index contributed by atoms with van der Waals surface area (Å²) in [6, 6.07) is 8.39. The van der Waals surface area contributed by atoms with E-state index in [2.05, 4.69) is 4.74 Å². The molecule has 0 atom stereocenters. The molecule has 0 N–H and O–H groups in total. The highest BCUT2D eigenvalue weighted by Crippen LogP contribution is 2.39. The highest BCUT2D eigenvalue weighted by atomic mass is 19.2. The maximum Gasteiger partial charge on any atom is 0.309 e. The lowest BCUT2D eigenvalue weighted by Crippen LogP contribution is -2.15. The van der Waals surface area contributed by atoms with Gasteiger partial charge in [0.05, 0.1) is 6.61 Å². The first kappa shape index (κ1) is 27.7. The molecule has 4 rings (SSSR count). The third-order valence-electron chi connectivity index (χ3n) is 7.15. The monoisotopic (exact) mass is 536 g/mol. The van der Waals surface area contributed by atoms with Crippen LogP contribution >= 0.6 is 0 Å². The zero-order chi connectivity index (χ0) is 27.4. The Morgan fingerprint density at radius 3 is 2.08 bits per heavy atom. The third-order valence-corrected chi connectivity index (χ3v) is 7.15. The number of aryl methyl sites for hydroxylation is 1. The average Bonchev–Trinajstić information content (AvgIpc) is 2.90. The van der Waals surface area contributed by atoms with Crippen LogP contribution in [0.25, 0.3) is 17.0 Å². The summed E-state index contributed by atoms with van der Waals surface area (Å²) < 4.78 is 102. The molecule has 0 heterocycles. The number of rotatable bonds is 8. The number of ether oxygens (including phenoxy) is 1. The molecule has 3 aromatic rings. The van der Waals surface area contributed by atoms with Crippen molar-refractivity contribution in [2.45, 2.75) is 51.4 Å². The molecule has 202 valence electrons. The summed E-state index contributed by atoms with van der Waals surface area (Å²) in [5, 5.41) is 0. The maximum absolute atomic E-state index is 15.1. The molecule has 0 aromatic heterocycles. The standard InChI is InChI=1S/C30H27F7O/c1-2-38-30(37)28(35)21-10-12-23(25(32)16-21)20-9-11-22(24(31)15-20)19-7-5-17(6-8-19)3-4-18-13-26(33)29(36)27(34)14-18/h9-17,19H,2-8H2,1H3. The highest BCUT2D eigenvalue weighted by Gasteiger charge is 2.25. The van der Waals surface area contributed by atoms with E-state index in [0.29, 0.717) is 29.9 Å². The molecular weight excluding hydrogens is 509 g/mol. The summed E-state index contributed by atoms with van der Waals surface area (Å²) in [6.07, 6.45) is 4.20. The lowest BCUT2D eigenvalue weighted by atomic mass is 9.76. The first-order valence-corrected chi connectivity index (χ1v) is 12.6. The van der Waals surface area contributed by atoms with Crippen LogP contribution in [0.4, 0.5) is 30.7 Å². The normalized spacial score (nSPS) is 18.3. The van der Waals surface area contributed by atoms with Crippen LogP contribution in [0.5, 0.6) is 0 Å². The zero-order valence-electron chi connectivity index (χ0n) is 20.8. The fourth-order valence-corrected chi connectivity index (χ4v) is 5.10. The van der Waals surface area contributed by atoms with Crippen LogP contribution in [-0.2, 0) is 11.2 Å². The second kappa shape index (κ2) is 12.0. The van der Waals surface area contributed by atoms with E-state index in [1.807, 2.05) is 0 Å². The van der Waals surface area contributed by atoms with Crippen LogP contribution in [0.2, 0.25) is 0 Å². The molecule has 0 aliphatic heterocycles. The quantitative estimate of drug-likeness (QED) is 0.158. The average molecular weight is 537 g/mol. The van der Waals surface area contributed by atoms with Crippen molar-refractivity contribution >= 4 is 5.83 Å². The van der Waals surface area contributed by atoms with E-state index in [9.17, 15) is 26.3 Å². The van der Waals surface area contributed by atoms with Gasteiger partial charge in [0.15, 0.2) is 17.5 Å². The Morgan fingerprint density at radius 2 is 1.47 bits per heavy atom. The van der Waals surface area contributed by atoms with Crippen LogP contribution in [0.15, 0.2) is 54.5 Å². The van der Waals surface area contributed by atoms with Crippen LogP contribution in [0, 0.1) is 35.0 Å². The Balaban J connectivity index is 1.39. The van der Waals surface area contributed by atoms with E-state index in [1.54, 1.807) is 12.1 Å². The van der Waals surface area contributed by atoms with Gasteiger partial charge in [-0.25, -0.2) is 22.0 Å². The lowest BCUT2D eigenvalue weighted by molar-refractivity contribution is 0.156. The number of halogens is 7. The van der Waals surface area contributed by atoms with E-state index in [1.165, 1.54) is 25.1 Å². The topological polar surface area (TPSA) is 9.23 Å². The van der Waals surface area contributed by atoms with Gasteiger partial charge >= 0.3 is 6.01 Å². The van der Waals surface area contributed by atoms with Gasteiger partial charge in [0, 0.05) is 11.1 Å². The van der Waals surface area contributed by atoms with Crippen molar-refractivity contribution in [3.05, 3.63) is 100 Å². The second-order valence-electron chi connectivity index (χ2n) is 9.58. The van der Waals surface area contributed by atoms with Gasteiger partial charge < -0.3 is 4.74 Å². The molecule has 0 radical (unpaired) electrons. The first-order chi connectivity index (χ1) is 18.2. The SMILES string of the molecule is CCOC(F)=C(F)c1ccc(-c2ccc(C3CCC(CCc4cc(F)c(F)c(F)c4)CC3)c(F)c2)c(F)c1. The third kappa shape index (κ3) is 6.22. The predicted octanol–water partition coefficient (Wildman–Crippen LogP) is 9.56. The Kier molecular flexibility index (Phi) is 8.80. The molecule has 1 nitrogen and oxygen atoms in total. The van der Waals surface area contributed by atoms with Crippen molar-refractivity contribution in [1.29, 1.82) is 0 Å². The van der Waals surface area contributed by atoms with Crippen LogP contribution in [0.1, 0.15) is 61.6 Å². The summed E-state index contributed by atoms with van der Waals surface area (Å²) in [5.74, 6) is -6.19. The summed E-state index contributed by atoms with van der Waals surface area (Å²) >= 11 is 0. The molecule has 0 saturated heterocycles. The molecule has 8 heteroatoms. The van der Waals surface area contributed by atoms with E-state index in [0.717, 1.165) is 43.9 Å². The summed E-state index contributed by atoms with van der Waals surface area (Å²) in [6.45, 7) is 1.41. The van der Waals surface area contributed by atoms with Gasteiger partial charge in [-0.1, -0.05) is 24.3 Å². The smallest absolute Gasteiger partial charge is 0.309 e. The Morgan fingerprint density at radius 1 is 0.789 bits per heavy atom.